The highest BCUT2D eigenvalue weighted by Crippen LogP contribution is 2.44. The van der Waals surface area contributed by atoms with Crippen molar-refractivity contribution in [2.24, 2.45) is 23.7 Å². The molecule has 0 spiro atoms. The highest BCUT2D eigenvalue weighted by atomic mass is 16.5. The van der Waals surface area contributed by atoms with E-state index in [0.717, 1.165) is 24.2 Å². The summed E-state index contributed by atoms with van der Waals surface area (Å²) >= 11 is 0. The lowest BCUT2D eigenvalue weighted by atomic mass is 9.92. The van der Waals surface area contributed by atoms with Crippen LogP contribution >= 0.6 is 0 Å². The number of hydrogen-bond acceptors (Lipinski definition) is 3. The van der Waals surface area contributed by atoms with Gasteiger partial charge >= 0.3 is 5.97 Å². The van der Waals surface area contributed by atoms with Gasteiger partial charge in [0.1, 0.15) is 12.4 Å². The van der Waals surface area contributed by atoms with Crippen LogP contribution in [0.2, 0.25) is 0 Å². The Morgan fingerprint density at radius 3 is 2.70 bits per heavy atom. The number of carbonyl (C=O) groups is 2. The summed E-state index contributed by atoms with van der Waals surface area (Å²) in [7, 11) is 0. The average Bonchev–Trinajstić information content (AvgIpc) is 3.31. The van der Waals surface area contributed by atoms with Gasteiger partial charge in [-0.2, -0.15) is 0 Å². The van der Waals surface area contributed by atoms with E-state index in [2.05, 4.69) is 0 Å². The summed E-state index contributed by atoms with van der Waals surface area (Å²) in [6.07, 6.45) is 2.89. The number of para-hydroxylation sites is 1. The number of likely N-dealkylation sites (tertiary alicyclic amines) is 1. The van der Waals surface area contributed by atoms with Crippen LogP contribution in [-0.4, -0.2) is 41.6 Å². The van der Waals surface area contributed by atoms with Crippen molar-refractivity contribution in [2.45, 2.75) is 19.3 Å². The lowest BCUT2D eigenvalue weighted by Crippen LogP contribution is -2.40. The molecule has 0 bridgehead atoms. The molecule has 2 aliphatic heterocycles. The van der Waals surface area contributed by atoms with E-state index in [0.29, 0.717) is 32.0 Å². The van der Waals surface area contributed by atoms with E-state index >= 15 is 0 Å². The van der Waals surface area contributed by atoms with Crippen LogP contribution < -0.4 is 4.74 Å². The van der Waals surface area contributed by atoms with Crippen molar-refractivity contribution in [2.75, 3.05) is 19.7 Å². The van der Waals surface area contributed by atoms with Gasteiger partial charge in [-0.15, -0.1) is 0 Å². The number of carbonyl (C=O) groups excluding carboxylic acids is 1. The van der Waals surface area contributed by atoms with Crippen LogP contribution in [-0.2, 0) is 16.0 Å². The Morgan fingerprint density at radius 1 is 1.17 bits per heavy atom. The van der Waals surface area contributed by atoms with Crippen LogP contribution in [0.3, 0.4) is 0 Å². The number of rotatable bonds is 3. The fourth-order valence-corrected chi connectivity index (χ4v) is 4.02. The molecule has 1 saturated heterocycles. The lowest BCUT2D eigenvalue weighted by molar-refractivity contribution is -0.143. The molecule has 3 atom stereocenters. The predicted octanol–water partition coefficient (Wildman–Crippen LogP) is 1.81. The highest BCUT2D eigenvalue weighted by molar-refractivity contribution is 5.81. The molecule has 4 rings (SSSR count). The fraction of sp³-hybridized carbons (Fsp3) is 0.556. The largest absolute Gasteiger partial charge is 0.492 e. The Kier molecular flexibility index (Phi) is 3.51. The Bertz CT molecular complexity index is 640. The van der Waals surface area contributed by atoms with Crippen molar-refractivity contribution >= 4 is 11.9 Å². The van der Waals surface area contributed by atoms with Gasteiger partial charge in [0, 0.05) is 13.1 Å². The SMILES string of the molecule is O=C(O)[C@@H]1CN(C(=O)C2COc3ccccc3C2)C[C@H]1C1CC1. The van der Waals surface area contributed by atoms with E-state index in [1.54, 1.807) is 4.90 Å². The summed E-state index contributed by atoms with van der Waals surface area (Å²) < 4.78 is 5.71. The molecule has 1 N–H and O–H groups in total. The van der Waals surface area contributed by atoms with Crippen LogP contribution in [0, 0.1) is 23.7 Å². The minimum Gasteiger partial charge on any atom is -0.492 e. The zero-order valence-electron chi connectivity index (χ0n) is 13.0. The van der Waals surface area contributed by atoms with E-state index in [1.807, 2.05) is 24.3 Å². The first-order valence-electron chi connectivity index (χ1n) is 8.36. The maximum atomic E-state index is 12.8. The Morgan fingerprint density at radius 2 is 1.96 bits per heavy atom. The van der Waals surface area contributed by atoms with Crippen molar-refractivity contribution < 1.29 is 19.4 Å². The van der Waals surface area contributed by atoms with E-state index in [9.17, 15) is 14.7 Å². The number of ether oxygens (including phenoxy) is 1. The van der Waals surface area contributed by atoms with E-state index in [-0.39, 0.29) is 17.7 Å². The van der Waals surface area contributed by atoms with E-state index in [4.69, 9.17) is 4.74 Å². The lowest BCUT2D eigenvalue weighted by Gasteiger charge is -2.28. The second-order valence-electron chi connectivity index (χ2n) is 7.01. The number of benzene rings is 1. The maximum absolute atomic E-state index is 12.8. The third kappa shape index (κ3) is 2.69. The summed E-state index contributed by atoms with van der Waals surface area (Å²) in [4.78, 5) is 26.1. The van der Waals surface area contributed by atoms with Crippen molar-refractivity contribution in [3.05, 3.63) is 29.8 Å². The number of fused-ring (bicyclic) bond motifs is 1. The summed E-state index contributed by atoms with van der Waals surface area (Å²) in [6, 6.07) is 7.80. The van der Waals surface area contributed by atoms with Crippen molar-refractivity contribution in [1.29, 1.82) is 0 Å². The number of nitrogens with zero attached hydrogens (tertiary/aromatic N) is 1. The molecule has 122 valence electrons. The minimum absolute atomic E-state index is 0.0499. The van der Waals surface area contributed by atoms with Gasteiger partial charge in [-0.25, -0.2) is 0 Å². The van der Waals surface area contributed by atoms with Crippen LogP contribution in [0.15, 0.2) is 24.3 Å². The molecule has 5 nitrogen and oxygen atoms in total. The topological polar surface area (TPSA) is 66.8 Å². The van der Waals surface area contributed by atoms with Gasteiger partial charge in [0.05, 0.1) is 11.8 Å². The molecule has 1 saturated carbocycles. The first kappa shape index (κ1) is 14.5. The third-order valence-corrected chi connectivity index (χ3v) is 5.45. The summed E-state index contributed by atoms with van der Waals surface area (Å²) in [6.45, 7) is 1.34. The monoisotopic (exact) mass is 315 g/mol. The molecule has 1 aliphatic carbocycles. The van der Waals surface area contributed by atoms with Gasteiger partial charge in [-0.3, -0.25) is 9.59 Å². The molecule has 2 heterocycles. The molecule has 1 unspecified atom stereocenters. The van der Waals surface area contributed by atoms with Crippen LogP contribution in [0.25, 0.3) is 0 Å². The number of carboxylic acid groups (broad SMARTS) is 1. The first-order valence-corrected chi connectivity index (χ1v) is 8.36. The molecule has 0 aromatic heterocycles. The second kappa shape index (κ2) is 5.55. The minimum atomic E-state index is -0.762. The summed E-state index contributed by atoms with van der Waals surface area (Å²) in [5.41, 5.74) is 1.06. The number of hydrogen-bond donors (Lipinski definition) is 1. The Hall–Kier alpha value is -2.04. The molecule has 2 fully saturated rings. The Labute approximate surface area is 135 Å². The second-order valence-corrected chi connectivity index (χ2v) is 7.01. The third-order valence-electron chi connectivity index (χ3n) is 5.45. The summed E-state index contributed by atoms with van der Waals surface area (Å²) in [5.74, 6) is 0.180. The molecule has 1 aromatic carbocycles. The number of carboxylic acids is 1. The standard InChI is InChI=1S/C18H21NO4/c20-17(13-7-12-3-1-2-4-16(12)23-10-13)19-8-14(11-5-6-11)15(9-19)18(21)22/h1-4,11,13-15H,5-10H2,(H,21,22)/t13?,14-,15+/m0/s1. The van der Waals surface area contributed by atoms with Gasteiger partial charge in [-0.1, -0.05) is 18.2 Å². The molecular weight excluding hydrogens is 294 g/mol. The van der Waals surface area contributed by atoms with Gasteiger partial charge in [-0.05, 0) is 42.7 Å². The van der Waals surface area contributed by atoms with Crippen LogP contribution in [0.1, 0.15) is 18.4 Å². The molecule has 23 heavy (non-hydrogen) atoms. The normalized spacial score (nSPS) is 29.7. The molecule has 1 amide bonds. The van der Waals surface area contributed by atoms with Crippen molar-refractivity contribution in [3.63, 3.8) is 0 Å². The number of amides is 1. The van der Waals surface area contributed by atoms with Crippen LogP contribution in [0.4, 0.5) is 0 Å². The van der Waals surface area contributed by atoms with Gasteiger partial charge in [0.2, 0.25) is 5.91 Å². The molecular formula is C18H21NO4. The summed E-state index contributed by atoms with van der Waals surface area (Å²) in [5, 5.41) is 9.44. The van der Waals surface area contributed by atoms with E-state index in [1.165, 1.54) is 0 Å². The zero-order chi connectivity index (χ0) is 16.0. The molecule has 0 radical (unpaired) electrons. The quantitative estimate of drug-likeness (QED) is 0.924. The molecule has 3 aliphatic rings. The highest BCUT2D eigenvalue weighted by Gasteiger charge is 2.47. The smallest absolute Gasteiger partial charge is 0.308 e. The molecule has 1 aromatic rings. The predicted molar refractivity (Wildman–Crippen MR) is 83.1 cm³/mol. The molecule has 5 heteroatoms. The maximum Gasteiger partial charge on any atom is 0.308 e. The van der Waals surface area contributed by atoms with Gasteiger partial charge in [0.15, 0.2) is 0 Å². The van der Waals surface area contributed by atoms with Crippen molar-refractivity contribution in [3.8, 4) is 5.75 Å². The Balaban J connectivity index is 1.46. The fourth-order valence-electron chi connectivity index (χ4n) is 4.02. The van der Waals surface area contributed by atoms with E-state index < -0.39 is 11.9 Å². The van der Waals surface area contributed by atoms with Crippen LogP contribution in [0.5, 0.6) is 5.75 Å². The zero-order valence-corrected chi connectivity index (χ0v) is 13.0. The first-order chi connectivity index (χ1) is 11.1. The van der Waals surface area contributed by atoms with Gasteiger partial charge < -0.3 is 14.7 Å². The van der Waals surface area contributed by atoms with Gasteiger partial charge in [0.25, 0.3) is 0 Å². The average molecular weight is 315 g/mol. The number of aliphatic carboxylic acids is 1. The van der Waals surface area contributed by atoms with Crippen molar-refractivity contribution in [1.82, 2.24) is 4.90 Å².